The van der Waals surface area contributed by atoms with Crippen LogP contribution in [0, 0.1) is 0 Å². The fourth-order valence-corrected chi connectivity index (χ4v) is 2.67. The second-order valence-corrected chi connectivity index (χ2v) is 5.33. The van der Waals surface area contributed by atoms with Crippen LogP contribution in [0.1, 0.15) is 5.82 Å². The van der Waals surface area contributed by atoms with Crippen LogP contribution in [-0.4, -0.2) is 15.9 Å². The minimum Gasteiger partial charge on any atom is -0.426 e. The largest absolute Gasteiger partial charge is 0.426 e. The van der Waals surface area contributed by atoms with Gasteiger partial charge in [-0.25, -0.2) is 4.98 Å². The second-order valence-electron chi connectivity index (χ2n) is 5.33. The van der Waals surface area contributed by atoms with Gasteiger partial charge in [0.05, 0.1) is 11.0 Å². The van der Waals surface area contributed by atoms with E-state index in [1.54, 1.807) is 6.07 Å². The molecule has 1 N–H and O–H groups in total. The summed E-state index contributed by atoms with van der Waals surface area (Å²) in [5, 5.41) is 1.97. The van der Waals surface area contributed by atoms with Gasteiger partial charge in [0.15, 0.2) is 0 Å². The van der Waals surface area contributed by atoms with E-state index in [1.807, 2.05) is 60.7 Å². The molecule has 0 bridgehead atoms. The number of H-pyrrole nitrogens is 1. The maximum atomic E-state index is 12.2. The quantitative estimate of drug-likeness (QED) is 0.462. The molecule has 4 aromatic rings. The molecule has 0 unspecified atom stereocenters. The Morgan fingerprint density at radius 2 is 1.74 bits per heavy atom. The van der Waals surface area contributed by atoms with Gasteiger partial charge in [-0.1, -0.05) is 48.5 Å². The van der Waals surface area contributed by atoms with Crippen LogP contribution < -0.4 is 4.74 Å². The van der Waals surface area contributed by atoms with E-state index in [-0.39, 0.29) is 12.4 Å². The van der Waals surface area contributed by atoms with Crippen LogP contribution in [0.4, 0.5) is 0 Å². The third-order valence-electron chi connectivity index (χ3n) is 3.72. The van der Waals surface area contributed by atoms with Gasteiger partial charge in [-0.15, -0.1) is 0 Å². The molecule has 0 fully saturated rings. The molecule has 0 saturated heterocycles. The zero-order valence-corrected chi connectivity index (χ0v) is 12.3. The van der Waals surface area contributed by atoms with Gasteiger partial charge in [0, 0.05) is 5.39 Å². The predicted octanol–water partition coefficient (Wildman–Crippen LogP) is 3.86. The number of fused-ring (bicyclic) bond motifs is 2. The van der Waals surface area contributed by atoms with Crippen molar-refractivity contribution in [1.29, 1.82) is 0 Å². The van der Waals surface area contributed by atoms with E-state index in [1.165, 1.54) is 0 Å². The Hall–Kier alpha value is -3.14. The molecule has 112 valence electrons. The summed E-state index contributed by atoms with van der Waals surface area (Å²) in [6.45, 7) is 0. The molecule has 0 saturated carbocycles. The van der Waals surface area contributed by atoms with E-state index in [9.17, 15) is 4.79 Å². The lowest BCUT2D eigenvalue weighted by Gasteiger charge is -2.06. The van der Waals surface area contributed by atoms with E-state index in [4.69, 9.17) is 4.74 Å². The molecular weight excluding hydrogens is 288 g/mol. The van der Waals surface area contributed by atoms with Gasteiger partial charge in [0.2, 0.25) is 0 Å². The summed E-state index contributed by atoms with van der Waals surface area (Å²) in [6, 6.07) is 21.2. The Balaban J connectivity index is 1.57. The van der Waals surface area contributed by atoms with Crippen molar-refractivity contribution in [2.24, 2.45) is 0 Å². The molecule has 0 radical (unpaired) electrons. The number of rotatable bonds is 3. The van der Waals surface area contributed by atoms with Crippen LogP contribution in [0.5, 0.6) is 5.75 Å². The van der Waals surface area contributed by atoms with E-state index < -0.39 is 0 Å². The normalized spacial score (nSPS) is 11.0. The summed E-state index contributed by atoms with van der Waals surface area (Å²) in [5.74, 6) is 0.848. The first kappa shape index (κ1) is 13.5. The first-order valence-electron chi connectivity index (χ1n) is 7.42. The molecule has 3 aromatic carbocycles. The summed E-state index contributed by atoms with van der Waals surface area (Å²) < 4.78 is 5.53. The Bertz CT molecular complexity index is 966. The number of para-hydroxylation sites is 2. The Morgan fingerprint density at radius 3 is 2.65 bits per heavy atom. The number of nitrogens with one attached hydrogen (secondary N) is 1. The molecule has 4 nitrogen and oxygen atoms in total. The summed E-state index contributed by atoms with van der Waals surface area (Å²) in [7, 11) is 0. The van der Waals surface area contributed by atoms with Gasteiger partial charge in [-0.3, -0.25) is 4.79 Å². The molecule has 1 aromatic heterocycles. The molecule has 4 rings (SSSR count). The number of hydrogen-bond acceptors (Lipinski definition) is 3. The van der Waals surface area contributed by atoms with Crippen molar-refractivity contribution in [1.82, 2.24) is 9.97 Å². The number of carbonyl (C=O) groups excluding carboxylic acids is 1. The lowest BCUT2D eigenvalue weighted by Crippen LogP contribution is -2.12. The third-order valence-corrected chi connectivity index (χ3v) is 3.72. The van der Waals surface area contributed by atoms with Crippen molar-refractivity contribution in [3.05, 3.63) is 72.6 Å². The predicted molar refractivity (Wildman–Crippen MR) is 89.4 cm³/mol. The van der Waals surface area contributed by atoms with Crippen molar-refractivity contribution in [3.63, 3.8) is 0 Å². The number of ether oxygens (including phenoxy) is 1. The van der Waals surface area contributed by atoms with Gasteiger partial charge in [-0.2, -0.15) is 0 Å². The number of hydrogen-bond donors (Lipinski definition) is 1. The first-order chi connectivity index (χ1) is 11.3. The number of aromatic nitrogens is 2. The van der Waals surface area contributed by atoms with Crippen LogP contribution >= 0.6 is 0 Å². The fraction of sp³-hybridized carbons (Fsp3) is 0.0526. The molecule has 0 amide bonds. The van der Waals surface area contributed by atoms with E-state index in [0.717, 1.165) is 21.8 Å². The van der Waals surface area contributed by atoms with Crippen LogP contribution in [0.15, 0.2) is 66.7 Å². The minimum absolute atomic E-state index is 0.109. The van der Waals surface area contributed by atoms with Crippen molar-refractivity contribution in [2.45, 2.75) is 6.42 Å². The zero-order chi connectivity index (χ0) is 15.6. The highest BCUT2D eigenvalue weighted by molar-refractivity contribution is 5.90. The molecule has 23 heavy (non-hydrogen) atoms. The molecule has 0 spiro atoms. The van der Waals surface area contributed by atoms with Crippen LogP contribution in [0.25, 0.3) is 21.8 Å². The molecule has 4 heteroatoms. The van der Waals surface area contributed by atoms with Gasteiger partial charge in [0.25, 0.3) is 0 Å². The highest BCUT2D eigenvalue weighted by Gasteiger charge is 2.12. The molecule has 0 atom stereocenters. The topological polar surface area (TPSA) is 55.0 Å². The average molecular weight is 302 g/mol. The number of nitrogens with zero attached hydrogens (tertiary/aromatic N) is 1. The number of aromatic amines is 1. The number of imidazole rings is 1. The minimum atomic E-state index is -0.333. The summed E-state index contributed by atoms with van der Waals surface area (Å²) in [6.07, 6.45) is 0.109. The number of carbonyl (C=O) groups is 1. The molecular formula is C19H14N2O2. The first-order valence-corrected chi connectivity index (χ1v) is 7.42. The number of benzene rings is 3. The Labute approximate surface area is 132 Å². The van der Waals surface area contributed by atoms with Gasteiger partial charge >= 0.3 is 5.97 Å². The van der Waals surface area contributed by atoms with Gasteiger partial charge < -0.3 is 9.72 Å². The lowest BCUT2D eigenvalue weighted by atomic mass is 10.1. The summed E-state index contributed by atoms with van der Waals surface area (Å²) in [5.41, 5.74) is 1.76. The van der Waals surface area contributed by atoms with Crippen LogP contribution in [-0.2, 0) is 11.2 Å². The molecule has 0 aliphatic rings. The maximum absolute atomic E-state index is 12.2. The van der Waals surface area contributed by atoms with Gasteiger partial charge in [-0.05, 0) is 23.6 Å². The number of esters is 1. The summed E-state index contributed by atoms with van der Waals surface area (Å²) >= 11 is 0. The SMILES string of the molecule is O=C(Cc1nc2ccccc2[nH]1)Oc1cccc2ccccc12. The van der Waals surface area contributed by atoms with Crippen molar-refractivity contribution >= 4 is 27.8 Å². The smallest absolute Gasteiger partial charge is 0.318 e. The molecule has 0 aliphatic heterocycles. The van der Waals surface area contributed by atoms with Crippen LogP contribution in [0.2, 0.25) is 0 Å². The highest BCUT2D eigenvalue weighted by Crippen LogP contribution is 2.25. The second kappa shape index (κ2) is 5.57. The zero-order valence-electron chi connectivity index (χ0n) is 12.3. The highest BCUT2D eigenvalue weighted by atomic mass is 16.5. The van der Waals surface area contributed by atoms with Gasteiger partial charge in [0.1, 0.15) is 18.0 Å². The summed E-state index contributed by atoms with van der Waals surface area (Å²) in [4.78, 5) is 19.8. The standard InChI is InChI=1S/C19H14N2O2/c22-19(12-18-20-15-9-3-4-10-16(15)21-18)23-17-11-5-7-13-6-1-2-8-14(13)17/h1-11H,12H2,(H,20,21). The van der Waals surface area contributed by atoms with Crippen molar-refractivity contribution in [2.75, 3.05) is 0 Å². The van der Waals surface area contributed by atoms with Crippen molar-refractivity contribution < 1.29 is 9.53 Å². The Kier molecular flexibility index (Phi) is 3.27. The van der Waals surface area contributed by atoms with Crippen molar-refractivity contribution in [3.8, 4) is 5.75 Å². The fourth-order valence-electron chi connectivity index (χ4n) is 2.67. The Morgan fingerprint density at radius 1 is 0.957 bits per heavy atom. The molecule has 1 heterocycles. The third kappa shape index (κ3) is 2.66. The van der Waals surface area contributed by atoms with E-state index >= 15 is 0 Å². The van der Waals surface area contributed by atoms with Crippen LogP contribution in [0.3, 0.4) is 0 Å². The monoisotopic (exact) mass is 302 g/mol. The molecule has 0 aliphatic carbocycles. The van der Waals surface area contributed by atoms with E-state index in [2.05, 4.69) is 9.97 Å². The lowest BCUT2D eigenvalue weighted by molar-refractivity contribution is -0.133. The van der Waals surface area contributed by atoms with E-state index in [0.29, 0.717) is 11.6 Å². The maximum Gasteiger partial charge on any atom is 0.318 e. The average Bonchev–Trinajstić information content (AvgIpc) is 2.97.